The lowest BCUT2D eigenvalue weighted by molar-refractivity contribution is 0.308. The van der Waals surface area contributed by atoms with Crippen molar-refractivity contribution in [2.24, 2.45) is 0 Å². The molecule has 2 aromatic carbocycles. The summed E-state index contributed by atoms with van der Waals surface area (Å²) in [6.07, 6.45) is 3.25. The van der Waals surface area contributed by atoms with E-state index >= 15 is 0 Å². The molecule has 0 saturated carbocycles. The van der Waals surface area contributed by atoms with E-state index in [2.05, 4.69) is 11.9 Å². The summed E-state index contributed by atoms with van der Waals surface area (Å²) in [5.41, 5.74) is 1.24. The van der Waals surface area contributed by atoms with Crippen molar-refractivity contribution in [2.45, 2.75) is 26.2 Å². The fourth-order valence-corrected chi connectivity index (χ4v) is 2.89. The Bertz CT molecular complexity index is 983. The molecule has 3 aromatic rings. The van der Waals surface area contributed by atoms with Crippen molar-refractivity contribution in [1.29, 1.82) is 5.26 Å². The van der Waals surface area contributed by atoms with Gasteiger partial charge in [0.1, 0.15) is 17.4 Å². The number of fused-ring (bicyclic) bond motifs is 1. The molecule has 0 unspecified atom stereocenters. The Labute approximate surface area is 146 Å². The summed E-state index contributed by atoms with van der Waals surface area (Å²) in [5.74, 6) is 0.746. The first-order chi connectivity index (χ1) is 12.2. The quantitative estimate of drug-likeness (QED) is 0.669. The normalized spacial score (nSPS) is 10.6. The second-order valence-electron chi connectivity index (χ2n) is 5.94. The van der Waals surface area contributed by atoms with Crippen molar-refractivity contribution in [3.8, 4) is 23.1 Å². The highest BCUT2D eigenvalue weighted by Gasteiger charge is 2.13. The fraction of sp³-hybridized carbons (Fsp3) is 0.238. The van der Waals surface area contributed by atoms with Gasteiger partial charge < -0.3 is 9.72 Å². The minimum Gasteiger partial charge on any atom is -0.493 e. The highest BCUT2D eigenvalue weighted by molar-refractivity contribution is 5.98. The molecule has 0 saturated heterocycles. The van der Waals surface area contributed by atoms with Crippen LogP contribution < -0.4 is 10.3 Å². The molecule has 0 aliphatic carbocycles. The summed E-state index contributed by atoms with van der Waals surface area (Å²) in [5, 5.41) is 11.1. The molecule has 0 fully saturated rings. The van der Waals surface area contributed by atoms with Crippen LogP contribution in [0.3, 0.4) is 0 Å². The van der Waals surface area contributed by atoms with Crippen LogP contribution in [-0.2, 0) is 0 Å². The number of nitrogens with zero attached hydrogens (tertiary/aromatic N) is 1. The number of hydrogen-bond acceptors (Lipinski definition) is 3. The molecule has 3 rings (SSSR count). The molecule has 4 nitrogen and oxygen atoms in total. The summed E-state index contributed by atoms with van der Waals surface area (Å²) in [7, 11) is 0. The molecule has 0 spiro atoms. The van der Waals surface area contributed by atoms with Gasteiger partial charge in [-0.15, -0.1) is 0 Å². The van der Waals surface area contributed by atoms with Crippen LogP contribution in [0.15, 0.2) is 53.3 Å². The number of hydrogen-bond donors (Lipinski definition) is 1. The maximum atomic E-state index is 12.1. The molecule has 0 amide bonds. The van der Waals surface area contributed by atoms with Crippen molar-refractivity contribution in [2.75, 3.05) is 6.61 Å². The Morgan fingerprint density at radius 2 is 1.92 bits per heavy atom. The Morgan fingerprint density at radius 1 is 1.08 bits per heavy atom. The molecule has 126 valence electrons. The lowest BCUT2D eigenvalue weighted by Gasteiger charge is -2.14. The second kappa shape index (κ2) is 7.67. The van der Waals surface area contributed by atoms with E-state index in [1.54, 1.807) is 12.1 Å². The number of pyridine rings is 1. The molecule has 0 atom stereocenters. The van der Waals surface area contributed by atoms with Crippen LogP contribution in [0.2, 0.25) is 0 Å². The summed E-state index contributed by atoms with van der Waals surface area (Å²) in [6.45, 7) is 2.79. The molecule has 0 aliphatic heterocycles. The van der Waals surface area contributed by atoms with E-state index in [0.29, 0.717) is 12.3 Å². The Balaban J connectivity index is 2.11. The van der Waals surface area contributed by atoms with Gasteiger partial charge in [0.25, 0.3) is 5.56 Å². The number of unbranched alkanes of at least 4 members (excludes halogenated alkanes) is 2. The standard InChI is InChI=1S/C21H20N2O2/c1-2-3-6-13-25-19-12-10-15-7-4-5-8-17(15)20(19)18-11-9-16(14-22)21(24)23-18/h4-5,7-12H,2-3,6,13H2,1H3,(H,23,24). The van der Waals surface area contributed by atoms with Crippen LogP contribution in [0.4, 0.5) is 0 Å². The molecule has 1 aromatic heterocycles. The SMILES string of the molecule is CCCCCOc1ccc2ccccc2c1-c1ccc(C#N)c(=O)[nH]1. The van der Waals surface area contributed by atoms with Crippen molar-refractivity contribution in [3.63, 3.8) is 0 Å². The summed E-state index contributed by atoms with van der Waals surface area (Å²) in [6, 6.07) is 17.2. The minimum atomic E-state index is -0.384. The predicted octanol–water partition coefficient (Wildman–Crippen LogP) is 4.64. The van der Waals surface area contributed by atoms with E-state index in [-0.39, 0.29) is 11.1 Å². The van der Waals surface area contributed by atoms with Crippen molar-refractivity contribution >= 4 is 10.8 Å². The fourth-order valence-electron chi connectivity index (χ4n) is 2.89. The van der Waals surface area contributed by atoms with Gasteiger partial charge in [-0.25, -0.2) is 0 Å². The number of rotatable bonds is 6. The molecule has 1 N–H and O–H groups in total. The topological polar surface area (TPSA) is 65.9 Å². The third-order valence-electron chi connectivity index (χ3n) is 4.20. The maximum absolute atomic E-state index is 12.1. The van der Waals surface area contributed by atoms with Gasteiger partial charge in [-0.1, -0.05) is 50.1 Å². The van der Waals surface area contributed by atoms with Gasteiger partial charge >= 0.3 is 0 Å². The Hall–Kier alpha value is -3.06. The van der Waals surface area contributed by atoms with Crippen LogP contribution in [0.1, 0.15) is 31.7 Å². The van der Waals surface area contributed by atoms with E-state index in [9.17, 15) is 4.79 Å². The molecule has 25 heavy (non-hydrogen) atoms. The number of benzene rings is 2. The van der Waals surface area contributed by atoms with E-state index in [1.807, 2.05) is 42.5 Å². The van der Waals surface area contributed by atoms with E-state index < -0.39 is 0 Å². The van der Waals surface area contributed by atoms with E-state index in [1.165, 1.54) is 0 Å². The summed E-state index contributed by atoms with van der Waals surface area (Å²) >= 11 is 0. The van der Waals surface area contributed by atoms with Gasteiger partial charge in [-0.2, -0.15) is 5.26 Å². The number of H-pyrrole nitrogens is 1. The van der Waals surface area contributed by atoms with Gasteiger partial charge in [-0.3, -0.25) is 4.79 Å². The number of aromatic nitrogens is 1. The predicted molar refractivity (Wildman–Crippen MR) is 99.7 cm³/mol. The largest absolute Gasteiger partial charge is 0.493 e. The number of nitriles is 1. The number of nitrogens with one attached hydrogen (secondary N) is 1. The minimum absolute atomic E-state index is 0.106. The number of aromatic amines is 1. The zero-order chi connectivity index (χ0) is 17.6. The van der Waals surface area contributed by atoms with E-state index in [4.69, 9.17) is 10.00 Å². The van der Waals surface area contributed by atoms with Crippen LogP contribution in [0, 0.1) is 11.3 Å². The van der Waals surface area contributed by atoms with E-state index in [0.717, 1.165) is 41.3 Å². The van der Waals surface area contributed by atoms with Gasteiger partial charge in [0.15, 0.2) is 0 Å². The third-order valence-corrected chi connectivity index (χ3v) is 4.20. The van der Waals surface area contributed by atoms with Crippen molar-refractivity contribution in [1.82, 2.24) is 4.98 Å². The highest BCUT2D eigenvalue weighted by atomic mass is 16.5. The van der Waals surface area contributed by atoms with Crippen LogP contribution in [0.5, 0.6) is 5.75 Å². The summed E-state index contributed by atoms with van der Waals surface area (Å²) in [4.78, 5) is 14.9. The van der Waals surface area contributed by atoms with Gasteiger partial charge in [-0.05, 0) is 35.4 Å². The molecule has 0 aliphatic rings. The lowest BCUT2D eigenvalue weighted by atomic mass is 10.00. The van der Waals surface area contributed by atoms with Crippen molar-refractivity contribution in [3.05, 3.63) is 64.4 Å². The second-order valence-corrected chi connectivity index (χ2v) is 5.94. The monoisotopic (exact) mass is 332 g/mol. The van der Waals surface area contributed by atoms with Gasteiger partial charge in [0.05, 0.1) is 12.3 Å². The van der Waals surface area contributed by atoms with Crippen LogP contribution >= 0.6 is 0 Å². The van der Waals surface area contributed by atoms with Crippen LogP contribution in [0.25, 0.3) is 22.0 Å². The Kier molecular flexibility index (Phi) is 5.15. The average Bonchev–Trinajstić information content (AvgIpc) is 2.64. The Morgan fingerprint density at radius 3 is 2.68 bits per heavy atom. The first-order valence-electron chi connectivity index (χ1n) is 8.53. The molecular weight excluding hydrogens is 312 g/mol. The highest BCUT2D eigenvalue weighted by Crippen LogP contribution is 2.36. The van der Waals surface area contributed by atoms with Crippen LogP contribution in [-0.4, -0.2) is 11.6 Å². The zero-order valence-electron chi connectivity index (χ0n) is 14.2. The van der Waals surface area contributed by atoms with Gasteiger partial charge in [0, 0.05) is 5.56 Å². The average molecular weight is 332 g/mol. The lowest BCUT2D eigenvalue weighted by Crippen LogP contribution is -2.10. The zero-order valence-corrected chi connectivity index (χ0v) is 14.2. The molecule has 0 radical (unpaired) electrons. The smallest absolute Gasteiger partial charge is 0.266 e. The van der Waals surface area contributed by atoms with Crippen molar-refractivity contribution < 1.29 is 4.74 Å². The molecular formula is C21H20N2O2. The summed E-state index contributed by atoms with van der Waals surface area (Å²) < 4.78 is 6.01. The first-order valence-corrected chi connectivity index (χ1v) is 8.53. The number of ether oxygens (including phenoxy) is 1. The first kappa shape index (κ1) is 16.8. The van der Waals surface area contributed by atoms with Gasteiger partial charge in [0.2, 0.25) is 0 Å². The maximum Gasteiger partial charge on any atom is 0.266 e. The molecule has 0 bridgehead atoms. The molecule has 1 heterocycles. The molecule has 4 heteroatoms. The third kappa shape index (κ3) is 3.56.